The number of amides is 1. The molecule has 1 aliphatic heterocycles. The van der Waals surface area contributed by atoms with E-state index in [1.54, 1.807) is 0 Å². The number of piperidine rings is 1. The first-order valence-electron chi connectivity index (χ1n) is 6.83. The molecular formula is C13H22N2O2S. The van der Waals surface area contributed by atoms with Gasteiger partial charge in [-0.15, -0.1) is 0 Å². The molecular weight excluding hydrogens is 248 g/mol. The second-order valence-corrected chi connectivity index (χ2v) is 5.92. The van der Waals surface area contributed by atoms with Crippen molar-refractivity contribution in [3.63, 3.8) is 0 Å². The average molecular weight is 270 g/mol. The molecule has 2 rings (SSSR count). The molecule has 1 amide bonds. The maximum absolute atomic E-state index is 12.8. The number of carbonyl (C=O) groups excluding carboxylic acids is 1. The van der Waals surface area contributed by atoms with E-state index in [1.165, 1.54) is 0 Å². The van der Waals surface area contributed by atoms with Gasteiger partial charge in [-0.1, -0.05) is 25.1 Å². The predicted molar refractivity (Wildman–Crippen MR) is 74.1 cm³/mol. The van der Waals surface area contributed by atoms with Gasteiger partial charge in [0.25, 0.3) is 0 Å². The molecule has 102 valence electrons. The van der Waals surface area contributed by atoms with E-state index < -0.39 is 5.41 Å². The lowest BCUT2D eigenvalue weighted by molar-refractivity contribution is -0.143. The molecule has 0 radical (unpaired) electrons. The van der Waals surface area contributed by atoms with Crippen LogP contribution in [0.1, 0.15) is 44.9 Å². The average Bonchev–Trinajstić information content (AvgIpc) is 2.88. The predicted octanol–water partition coefficient (Wildman–Crippen LogP) is 1.21. The summed E-state index contributed by atoms with van der Waals surface area (Å²) in [5.74, 6) is 0.0613. The highest BCUT2D eigenvalue weighted by atomic mass is 32.1. The van der Waals surface area contributed by atoms with Gasteiger partial charge < -0.3 is 15.7 Å². The number of hydrogen-bond acceptors (Lipinski definition) is 3. The van der Waals surface area contributed by atoms with Crippen molar-refractivity contribution in [3.05, 3.63) is 0 Å². The molecule has 1 saturated carbocycles. The standard InChI is InChI=1S/C13H22N2O2S/c14-11(18)13(6-2-3-7-13)12(17)15-8-4-1-5-10(15)9-16/h10,16H,1-9H2,(H2,14,18). The minimum atomic E-state index is -0.625. The normalized spacial score (nSPS) is 27.2. The lowest BCUT2D eigenvalue weighted by Gasteiger charge is -2.40. The minimum Gasteiger partial charge on any atom is -0.394 e. The monoisotopic (exact) mass is 270 g/mol. The summed E-state index contributed by atoms with van der Waals surface area (Å²) in [4.78, 5) is 14.9. The van der Waals surface area contributed by atoms with Crippen LogP contribution in [0.2, 0.25) is 0 Å². The van der Waals surface area contributed by atoms with Gasteiger partial charge in [-0.3, -0.25) is 4.79 Å². The molecule has 1 aliphatic carbocycles. The number of nitrogens with two attached hydrogens (primary N) is 1. The highest BCUT2D eigenvalue weighted by Gasteiger charge is 2.47. The smallest absolute Gasteiger partial charge is 0.235 e. The van der Waals surface area contributed by atoms with E-state index in [-0.39, 0.29) is 18.6 Å². The summed E-state index contributed by atoms with van der Waals surface area (Å²) in [6.45, 7) is 0.771. The Labute approximate surface area is 114 Å². The Bertz CT molecular complexity index is 340. The summed E-state index contributed by atoms with van der Waals surface area (Å²) in [6.07, 6.45) is 6.55. The van der Waals surface area contributed by atoms with Gasteiger partial charge >= 0.3 is 0 Å². The number of likely N-dealkylation sites (tertiary alicyclic amines) is 1. The molecule has 2 fully saturated rings. The molecule has 4 nitrogen and oxygen atoms in total. The fraction of sp³-hybridized carbons (Fsp3) is 0.846. The van der Waals surface area contributed by atoms with Gasteiger partial charge in [0.2, 0.25) is 5.91 Å². The molecule has 0 spiro atoms. The second kappa shape index (κ2) is 5.53. The molecule has 18 heavy (non-hydrogen) atoms. The Kier molecular flexibility index (Phi) is 4.22. The maximum Gasteiger partial charge on any atom is 0.235 e. The van der Waals surface area contributed by atoms with Gasteiger partial charge in [0.15, 0.2) is 0 Å². The molecule has 3 N–H and O–H groups in total. The Hall–Kier alpha value is -0.680. The van der Waals surface area contributed by atoms with Crippen LogP contribution in [0.5, 0.6) is 0 Å². The third-order valence-electron chi connectivity index (χ3n) is 4.44. The lowest BCUT2D eigenvalue weighted by Crippen LogP contribution is -2.55. The molecule has 0 aromatic rings. The lowest BCUT2D eigenvalue weighted by atomic mass is 9.83. The zero-order valence-electron chi connectivity index (χ0n) is 10.7. The molecule has 2 aliphatic rings. The van der Waals surface area contributed by atoms with Crippen molar-refractivity contribution in [2.45, 2.75) is 51.0 Å². The van der Waals surface area contributed by atoms with Crippen LogP contribution in [0.4, 0.5) is 0 Å². The van der Waals surface area contributed by atoms with Crippen molar-refractivity contribution in [1.29, 1.82) is 0 Å². The molecule has 1 atom stereocenters. The zero-order chi connectivity index (χ0) is 13.2. The van der Waals surface area contributed by atoms with Crippen LogP contribution in [0.3, 0.4) is 0 Å². The van der Waals surface area contributed by atoms with E-state index in [0.29, 0.717) is 4.99 Å². The molecule has 1 heterocycles. The Morgan fingerprint density at radius 3 is 2.56 bits per heavy atom. The summed E-state index contributed by atoms with van der Waals surface area (Å²) >= 11 is 5.16. The number of carbonyl (C=O) groups is 1. The van der Waals surface area contributed by atoms with Crippen molar-refractivity contribution in [3.8, 4) is 0 Å². The number of hydrogen-bond donors (Lipinski definition) is 2. The third-order valence-corrected chi connectivity index (χ3v) is 4.83. The highest BCUT2D eigenvalue weighted by molar-refractivity contribution is 7.80. The second-order valence-electron chi connectivity index (χ2n) is 5.48. The number of thiocarbonyl (C=S) groups is 1. The molecule has 1 saturated heterocycles. The number of nitrogens with zero attached hydrogens (tertiary/aromatic N) is 1. The van der Waals surface area contributed by atoms with Crippen molar-refractivity contribution in [1.82, 2.24) is 4.90 Å². The Balaban J connectivity index is 2.20. The molecule has 0 bridgehead atoms. The van der Waals surface area contributed by atoms with Gasteiger partial charge in [0.1, 0.15) is 0 Å². The number of aliphatic hydroxyl groups is 1. The Morgan fingerprint density at radius 1 is 1.33 bits per heavy atom. The van der Waals surface area contributed by atoms with Gasteiger partial charge in [0, 0.05) is 6.54 Å². The molecule has 0 aromatic carbocycles. The van der Waals surface area contributed by atoms with Crippen LogP contribution in [0.25, 0.3) is 0 Å². The Morgan fingerprint density at radius 2 is 2.00 bits per heavy atom. The SMILES string of the molecule is NC(=S)C1(C(=O)N2CCCCC2CO)CCCC1. The van der Waals surface area contributed by atoms with Crippen molar-refractivity contribution in [2.75, 3.05) is 13.2 Å². The van der Waals surface area contributed by atoms with Crippen LogP contribution in [0.15, 0.2) is 0 Å². The van der Waals surface area contributed by atoms with Gasteiger partial charge in [-0.2, -0.15) is 0 Å². The van der Waals surface area contributed by atoms with Crippen LogP contribution < -0.4 is 5.73 Å². The molecule has 1 unspecified atom stereocenters. The van der Waals surface area contributed by atoms with Crippen molar-refractivity contribution in [2.24, 2.45) is 11.1 Å². The van der Waals surface area contributed by atoms with E-state index in [1.807, 2.05) is 4.90 Å². The van der Waals surface area contributed by atoms with E-state index >= 15 is 0 Å². The van der Waals surface area contributed by atoms with Crippen LogP contribution in [-0.2, 0) is 4.79 Å². The van der Waals surface area contributed by atoms with Crippen LogP contribution >= 0.6 is 12.2 Å². The van der Waals surface area contributed by atoms with E-state index in [0.717, 1.165) is 51.5 Å². The summed E-state index contributed by atoms with van der Waals surface area (Å²) in [5.41, 5.74) is 5.22. The number of aliphatic hydroxyl groups excluding tert-OH is 1. The van der Waals surface area contributed by atoms with E-state index in [4.69, 9.17) is 18.0 Å². The quantitative estimate of drug-likeness (QED) is 0.756. The van der Waals surface area contributed by atoms with Crippen LogP contribution in [0, 0.1) is 5.41 Å². The van der Waals surface area contributed by atoms with Gasteiger partial charge in [-0.05, 0) is 32.1 Å². The largest absolute Gasteiger partial charge is 0.394 e. The van der Waals surface area contributed by atoms with Crippen LogP contribution in [-0.4, -0.2) is 40.1 Å². The summed E-state index contributed by atoms with van der Waals surface area (Å²) in [6, 6.07) is -0.0434. The van der Waals surface area contributed by atoms with Crippen molar-refractivity contribution >= 4 is 23.1 Å². The van der Waals surface area contributed by atoms with Gasteiger partial charge in [-0.25, -0.2) is 0 Å². The summed E-state index contributed by atoms with van der Waals surface area (Å²) in [5, 5.41) is 9.42. The fourth-order valence-corrected chi connectivity index (χ4v) is 3.57. The van der Waals surface area contributed by atoms with Crippen molar-refractivity contribution < 1.29 is 9.90 Å². The summed E-state index contributed by atoms with van der Waals surface area (Å²) in [7, 11) is 0. The first kappa shape index (κ1) is 13.7. The highest BCUT2D eigenvalue weighted by Crippen LogP contribution is 2.41. The zero-order valence-corrected chi connectivity index (χ0v) is 11.5. The number of rotatable bonds is 3. The first-order valence-corrected chi connectivity index (χ1v) is 7.24. The fourth-order valence-electron chi connectivity index (χ4n) is 3.28. The van der Waals surface area contributed by atoms with E-state index in [9.17, 15) is 9.90 Å². The molecule has 5 heteroatoms. The maximum atomic E-state index is 12.8. The van der Waals surface area contributed by atoms with Gasteiger partial charge in [0.05, 0.1) is 23.1 Å². The third kappa shape index (κ3) is 2.26. The first-order chi connectivity index (χ1) is 8.62. The van der Waals surface area contributed by atoms with E-state index in [2.05, 4.69) is 0 Å². The minimum absolute atomic E-state index is 0.0408. The topological polar surface area (TPSA) is 66.6 Å². The molecule has 0 aromatic heterocycles. The summed E-state index contributed by atoms with van der Waals surface area (Å²) < 4.78 is 0.